The standard InChI is InChI=1S/C14H30N4O7/c15-1-5-21-9-11-23-7-3-17-13(19)25-14(20)18-4-8-24-12-10-22-6-2-16/h1-12,15-16H2,(H,17,19)(H,18,20). The molecule has 148 valence electrons. The zero-order chi connectivity index (χ0) is 18.6. The van der Waals surface area contributed by atoms with Crippen molar-refractivity contribution < 1.29 is 33.3 Å². The lowest BCUT2D eigenvalue weighted by molar-refractivity contribution is 0.0507. The second-order valence-electron chi connectivity index (χ2n) is 4.56. The highest BCUT2D eigenvalue weighted by Gasteiger charge is 2.08. The van der Waals surface area contributed by atoms with Gasteiger partial charge in [-0.05, 0) is 0 Å². The van der Waals surface area contributed by atoms with Crippen LogP contribution in [-0.4, -0.2) is 91.2 Å². The summed E-state index contributed by atoms with van der Waals surface area (Å²) in [5.41, 5.74) is 10.5. The summed E-state index contributed by atoms with van der Waals surface area (Å²) in [5, 5.41) is 4.76. The maximum Gasteiger partial charge on any atom is 0.416 e. The number of hydrogen-bond donors (Lipinski definition) is 4. The van der Waals surface area contributed by atoms with E-state index in [9.17, 15) is 9.59 Å². The number of rotatable bonds is 16. The number of carbonyl (C=O) groups is 2. The van der Waals surface area contributed by atoms with Crippen molar-refractivity contribution in [2.75, 3.05) is 79.0 Å². The molecule has 0 atom stereocenters. The van der Waals surface area contributed by atoms with Crippen LogP contribution in [0, 0.1) is 0 Å². The Labute approximate surface area is 147 Å². The summed E-state index contributed by atoms with van der Waals surface area (Å²) in [7, 11) is 0. The average Bonchev–Trinajstić information content (AvgIpc) is 2.59. The summed E-state index contributed by atoms with van der Waals surface area (Å²) in [6.07, 6.45) is -1.70. The number of nitrogens with two attached hydrogens (primary N) is 2. The molecule has 11 heteroatoms. The van der Waals surface area contributed by atoms with Crippen molar-refractivity contribution >= 4 is 12.2 Å². The summed E-state index contributed by atoms with van der Waals surface area (Å²) in [5.74, 6) is 0. The quantitative estimate of drug-likeness (QED) is 0.187. The molecule has 0 aliphatic heterocycles. The molecular weight excluding hydrogens is 336 g/mol. The second kappa shape index (κ2) is 18.8. The van der Waals surface area contributed by atoms with Gasteiger partial charge in [-0.25, -0.2) is 9.59 Å². The van der Waals surface area contributed by atoms with Gasteiger partial charge in [-0.1, -0.05) is 0 Å². The molecule has 25 heavy (non-hydrogen) atoms. The van der Waals surface area contributed by atoms with Crippen molar-refractivity contribution in [3.8, 4) is 0 Å². The van der Waals surface area contributed by atoms with Crippen LogP contribution in [0.15, 0.2) is 0 Å². The Bertz CT molecular complexity index is 304. The Morgan fingerprint density at radius 2 is 0.960 bits per heavy atom. The van der Waals surface area contributed by atoms with Gasteiger partial charge in [0.25, 0.3) is 0 Å². The summed E-state index contributed by atoms with van der Waals surface area (Å²) < 4.78 is 25.1. The van der Waals surface area contributed by atoms with E-state index in [1.165, 1.54) is 0 Å². The largest absolute Gasteiger partial charge is 0.416 e. The molecule has 0 heterocycles. The smallest absolute Gasteiger partial charge is 0.378 e. The normalized spacial score (nSPS) is 10.5. The van der Waals surface area contributed by atoms with Crippen LogP contribution in [0.3, 0.4) is 0 Å². The van der Waals surface area contributed by atoms with Gasteiger partial charge in [0.15, 0.2) is 0 Å². The molecule has 0 aromatic heterocycles. The number of hydrogen-bond acceptors (Lipinski definition) is 9. The molecule has 0 bridgehead atoms. The van der Waals surface area contributed by atoms with Gasteiger partial charge in [0.05, 0.1) is 52.9 Å². The van der Waals surface area contributed by atoms with E-state index in [0.29, 0.717) is 52.7 Å². The van der Waals surface area contributed by atoms with E-state index in [-0.39, 0.29) is 26.3 Å². The molecule has 0 aromatic carbocycles. The van der Waals surface area contributed by atoms with Gasteiger partial charge in [-0.3, -0.25) is 0 Å². The number of alkyl carbamates (subject to hydrolysis) is 2. The highest BCUT2D eigenvalue weighted by Crippen LogP contribution is 1.83. The highest BCUT2D eigenvalue weighted by molar-refractivity contribution is 5.83. The first-order valence-corrected chi connectivity index (χ1v) is 8.15. The van der Waals surface area contributed by atoms with Crippen LogP contribution in [0.2, 0.25) is 0 Å². The molecule has 0 spiro atoms. The lowest BCUT2D eigenvalue weighted by Gasteiger charge is -2.08. The van der Waals surface area contributed by atoms with Gasteiger partial charge in [0, 0.05) is 26.2 Å². The first-order valence-electron chi connectivity index (χ1n) is 8.15. The number of amides is 2. The van der Waals surface area contributed by atoms with Crippen molar-refractivity contribution in [1.29, 1.82) is 0 Å². The third-order valence-corrected chi connectivity index (χ3v) is 2.49. The molecule has 0 fully saturated rings. The number of nitrogens with one attached hydrogen (secondary N) is 2. The van der Waals surface area contributed by atoms with E-state index in [4.69, 9.17) is 30.4 Å². The zero-order valence-corrected chi connectivity index (χ0v) is 14.5. The van der Waals surface area contributed by atoms with Gasteiger partial charge >= 0.3 is 12.2 Å². The van der Waals surface area contributed by atoms with E-state index in [1.54, 1.807) is 0 Å². The third kappa shape index (κ3) is 18.7. The Morgan fingerprint density at radius 1 is 0.600 bits per heavy atom. The molecule has 2 amide bonds. The Balaban J connectivity index is 3.34. The van der Waals surface area contributed by atoms with E-state index < -0.39 is 12.2 Å². The van der Waals surface area contributed by atoms with Crippen molar-refractivity contribution in [1.82, 2.24) is 10.6 Å². The first-order chi connectivity index (χ1) is 12.2. The monoisotopic (exact) mass is 366 g/mol. The molecule has 0 aliphatic rings. The summed E-state index contributed by atoms with van der Waals surface area (Å²) in [6, 6.07) is 0. The zero-order valence-electron chi connectivity index (χ0n) is 14.5. The minimum absolute atomic E-state index is 0.217. The Morgan fingerprint density at radius 3 is 1.32 bits per heavy atom. The predicted octanol–water partition coefficient (Wildman–Crippen LogP) is -1.59. The molecule has 0 aliphatic carbocycles. The maximum atomic E-state index is 11.3. The van der Waals surface area contributed by atoms with E-state index in [1.807, 2.05) is 0 Å². The van der Waals surface area contributed by atoms with Crippen LogP contribution in [-0.2, 0) is 23.7 Å². The van der Waals surface area contributed by atoms with Crippen LogP contribution >= 0.6 is 0 Å². The van der Waals surface area contributed by atoms with Crippen LogP contribution in [0.25, 0.3) is 0 Å². The maximum absolute atomic E-state index is 11.3. The van der Waals surface area contributed by atoms with Gasteiger partial charge in [-0.2, -0.15) is 0 Å². The van der Waals surface area contributed by atoms with Crippen LogP contribution < -0.4 is 22.1 Å². The first kappa shape index (κ1) is 23.5. The lowest BCUT2D eigenvalue weighted by atomic mass is 10.6. The fourth-order valence-corrected chi connectivity index (χ4v) is 1.42. The van der Waals surface area contributed by atoms with Gasteiger partial charge in [0.1, 0.15) is 0 Å². The van der Waals surface area contributed by atoms with E-state index >= 15 is 0 Å². The molecule has 0 saturated carbocycles. The minimum atomic E-state index is -0.850. The molecule has 0 radical (unpaired) electrons. The van der Waals surface area contributed by atoms with Crippen LogP contribution in [0.4, 0.5) is 9.59 Å². The predicted molar refractivity (Wildman–Crippen MR) is 89.3 cm³/mol. The van der Waals surface area contributed by atoms with E-state index in [0.717, 1.165) is 0 Å². The molecule has 0 saturated heterocycles. The van der Waals surface area contributed by atoms with Gasteiger partial charge in [-0.15, -0.1) is 0 Å². The van der Waals surface area contributed by atoms with Gasteiger partial charge < -0.3 is 45.8 Å². The molecule has 0 aromatic rings. The molecule has 6 N–H and O–H groups in total. The highest BCUT2D eigenvalue weighted by atomic mass is 16.6. The summed E-state index contributed by atoms with van der Waals surface area (Å²) >= 11 is 0. The molecular formula is C14H30N4O7. The lowest BCUT2D eigenvalue weighted by Crippen LogP contribution is -2.35. The van der Waals surface area contributed by atoms with Crippen molar-refractivity contribution in [3.63, 3.8) is 0 Å². The van der Waals surface area contributed by atoms with Crippen molar-refractivity contribution in [2.24, 2.45) is 11.5 Å². The van der Waals surface area contributed by atoms with Crippen molar-refractivity contribution in [3.05, 3.63) is 0 Å². The van der Waals surface area contributed by atoms with Crippen molar-refractivity contribution in [2.45, 2.75) is 0 Å². The average molecular weight is 366 g/mol. The second-order valence-corrected chi connectivity index (χ2v) is 4.56. The van der Waals surface area contributed by atoms with Gasteiger partial charge in [0.2, 0.25) is 0 Å². The Hall–Kier alpha value is -1.50. The molecule has 0 rings (SSSR count). The number of carbonyl (C=O) groups excluding carboxylic acids is 2. The topological polar surface area (TPSA) is 156 Å². The Kier molecular flexibility index (Phi) is 17.7. The summed E-state index contributed by atoms with van der Waals surface area (Å²) in [4.78, 5) is 22.6. The van der Waals surface area contributed by atoms with Crippen LogP contribution in [0.1, 0.15) is 0 Å². The minimum Gasteiger partial charge on any atom is -0.378 e. The fourth-order valence-electron chi connectivity index (χ4n) is 1.42. The van der Waals surface area contributed by atoms with Crippen LogP contribution in [0.5, 0.6) is 0 Å². The molecule has 0 unspecified atom stereocenters. The SMILES string of the molecule is NCCOCCOCCNC(=O)OC(=O)NCCOCCOCCN. The van der Waals surface area contributed by atoms with E-state index in [2.05, 4.69) is 15.4 Å². The third-order valence-electron chi connectivity index (χ3n) is 2.49. The number of ether oxygens (including phenoxy) is 5. The fraction of sp³-hybridized carbons (Fsp3) is 0.857. The summed E-state index contributed by atoms with van der Waals surface area (Å²) in [6.45, 7) is 4.55. The molecule has 11 nitrogen and oxygen atoms in total.